The Labute approximate surface area is 96.3 Å². The Balaban J connectivity index is 2.64. The summed E-state index contributed by atoms with van der Waals surface area (Å²) >= 11 is 0. The summed E-state index contributed by atoms with van der Waals surface area (Å²) in [6.07, 6.45) is 0. The molecule has 1 aromatic heterocycles. The van der Waals surface area contributed by atoms with Gasteiger partial charge in [0.05, 0.1) is 5.69 Å². The predicted molar refractivity (Wildman–Crippen MR) is 65.5 cm³/mol. The van der Waals surface area contributed by atoms with Crippen molar-refractivity contribution in [3.05, 3.63) is 41.3 Å². The summed E-state index contributed by atoms with van der Waals surface area (Å²) in [6, 6.07) is 8.46. The first-order valence-electron chi connectivity index (χ1n) is 5.63. The van der Waals surface area contributed by atoms with Gasteiger partial charge in [-0.15, -0.1) is 0 Å². The van der Waals surface area contributed by atoms with Crippen molar-refractivity contribution in [3.63, 3.8) is 0 Å². The average molecular weight is 215 g/mol. The summed E-state index contributed by atoms with van der Waals surface area (Å²) in [5, 5.41) is 4.02. The Morgan fingerprint density at radius 2 is 1.81 bits per heavy atom. The van der Waals surface area contributed by atoms with Gasteiger partial charge in [-0.05, 0) is 30.9 Å². The van der Waals surface area contributed by atoms with Gasteiger partial charge in [-0.2, -0.15) is 0 Å². The van der Waals surface area contributed by atoms with Crippen LogP contribution in [0.3, 0.4) is 0 Å². The van der Waals surface area contributed by atoms with Gasteiger partial charge in [0.15, 0.2) is 0 Å². The standard InChI is InChI=1S/C14H17NO/c1-9(2)12-7-5-6-8-13(12)14-10(3)15-16-11(14)4/h5-9H,1-4H3. The smallest absolute Gasteiger partial charge is 0.141 e. The number of aryl methyl sites for hydroxylation is 2. The Hall–Kier alpha value is -1.57. The number of rotatable bonds is 2. The maximum atomic E-state index is 5.23. The van der Waals surface area contributed by atoms with Gasteiger partial charge >= 0.3 is 0 Å². The third-order valence-electron chi connectivity index (χ3n) is 2.89. The zero-order chi connectivity index (χ0) is 11.7. The highest BCUT2D eigenvalue weighted by atomic mass is 16.5. The van der Waals surface area contributed by atoms with Crippen LogP contribution in [-0.4, -0.2) is 5.16 Å². The van der Waals surface area contributed by atoms with Crippen molar-refractivity contribution >= 4 is 0 Å². The van der Waals surface area contributed by atoms with Crippen molar-refractivity contribution in [3.8, 4) is 11.1 Å². The maximum Gasteiger partial charge on any atom is 0.141 e. The number of aromatic nitrogens is 1. The van der Waals surface area contributed by atoms with E-state index in [0.717, 1.165) is 17.0 Å². The summed E-state index contributed by atoms with van der Waals surface area (Å²) in [5.74, 6) is 1.40. The lowest BCUT2D eigenvalue weighted by atomic mass is 9.92. The first-order chi connectivity index (χ1) is 7.61. The Bertz CT molecular complexity index is 478. The summed E-state index contributed by atoms with van der Waals surface area (Å²) in [7, 11) is 0. The quantitative estimate of drug-likeness (QED) is 0.754. The highest BCUT2D eigenvalue weighted by Crippen LogP contribution is 2.33. The molecule has 2 aromatic rings. The van der Waals surface area contributed by atoms with Crippen LogP contribution in [0.25, 0.3) is 11.1 Å². The second-order valence-electron chi connectivity index (χ2n) is 4.44. The highest BCUT2D eigenvalue weighted by Gasteiger charge is 2.15. The molecular weight excluding hydrogens is 198 g/mol. The largest absolute Gasteiger partial charge is 0.361 e. The fourth-order valence-electron chi connectivity index (χ4n) is 2.10. The molecule has 0 saturated heterocycles. The fourth-order valence-corrected chi connectivity index (χ4v) is 2.10. The van der Waals surface area contributed by atoms with Crippen molar-refractivity contribution < 1.29 is 4.52 Å². The van der Waals surface area contributed by atoms with E-state index in [0.29, 0.717) is 5.92 Å². The Morgan fingerprint density at radius 1 is 1.12 bits per heavy atom. The van der Waals surface area contributed by atoms with Gasteiger partial charge in [-0.1, -0.05) is 43.3 Å². The molecule has 0 saturated carbocycles. The van der Waals surface area contributed by atoms with E-state index in [9.17, 15) is 0 Å². The minimum absolute atomic E-state index is 0.505. The third-order valence-corrected chi connectivity index (χ3v) is 2.89. The molecule has 0 aliphatic rings. The average Bonchev–Trinajstić information content (AvgIpc) is 2.58. The van der Waals surface area contributed by atoms with E-state index in [1.54, 1.807) is 0 Å². The summed E-state index contributed by atoms with van der Waals surface area (Å²) in [4.78, 5) is 0. The number of nitrogens with zero attached hydrogens (tertiary/aromatic N) is 1. The SMILES string of the molecule is Cc1noc(C)c1-c1ccccc1C(C)C. The van der Waals surface area contributed by atoms with Crippen molar-refractivity contribution in [1.82, 2.24) is 5.16 Å². The van der Waals surface area contributed by atoms with Crippen LogP contribution < -0.4 is 0 Å². The molecule has 2 nitrogen and oxygen atoms in total. The van der Waals surface area contributed by atoms with Gasteiger partial charge < -0.3 is 4.52 Å². The Kier molecular flexibility index (Phi) is 2.82. The van der Waals surface area contributed by atoms with Crippen LogP contribution in [0.1, 0.15) is 36.8 Å². The first-order valence-corrected chi connectivity index (χ1v) is 5.63. The highest BCUT2D eigenvalue weighted by molar-refractivity contribution is 5.71. The normalized spacial score (nSPS) is 11.1. The van der Waals surface area contributed by atoms with Crippen LogP contribution in [0, 0.1) is 13.8 Å². The molecule has 0 radical (unpaired) electrons. The zero-order valence-electron chi connectivity index (χ0n) is 10.2. The van der Waals surface area contributed by atoms with E-state index in [-0.39, 0.29) is 0 Å². The topological polar surface area (TPSA) is 26.0 Å². The van der Waals surface area contributed by atoms with Gasteiger partial charge in [0.25, 0.3) is 0 Å². The monoisotopic (exact) mass is 215 g/mol. The molecule has 0 unspecified atom stereocenters. The molecule has 2 rings (SSSR count). The van der Waals surface area contributed by atoms with Crippen molar-refractivity contribution in [2.24, 2.45) is 0 Å². The van der Waals surface area contributed by atoms with E-state index >= 15 is 0 Å². The van der Waals surface area contributed by atoms with Crippen LogP contribution in [-0.2, 0) is 0 Å². The van der Waals surface area contributed by atoms with Gasteiger partial charge in [-0.25, -0.2) is 0 Å². The molecule has 0 atom stereocenters. The molecule has 1 aromatic carbocycles. The molecule has 0 spiro atoms. The Morgan fingerprint density at radius 3 is 2.38 bits per heavy atom. The summed E-state index contributed by atoms with van der Waals surface area (Å²) in [5.41, 5.74) is 4.69. The minimum Gasteiger partial charge on any atom is -0.361 e. The number of benzene rings is 1. The molecule has 0 aliphatic heterocycles. The van der Waals surface area contributed by atoms with Crippen LogP contribution in [0.5, 0.6) is 0 Å². The van der Waals surface area contributed by atoms with Gasteiger partial charge in [0, 0.05) is 5.56 Å². The lowest BCUT2D eigenvalue weighted by Gasteiger charge is -2.12. The van der Waals surface area contributed by atoms with E-state index in [1.807, 2.05) is 13.8 Å². The second-order valence-corrected chi connectivity index (χ2v) is 4.44. The molecule has 2 heteroatoms. The molecule has 84 valence electrons. The minimum atomic E-state index is 0.505. The number of hydrogen-bond acceptors (Lipinski definition) is 2. The summed E-state index contributed by atoms with van der Waals surface area (Å²) in [6.45, 7) is 8.36. The number of hydrogen-bond donors (Lipinski definition) is 0. The molecule has 0 amide bonds. The van der Waals surface area contributed by atoms with Crippen LogP contribution >= 0.6 is 0 Å². The first kappa shape index (κ1) is 10.9. The van der Waals surface area contributed by atoms with Crippen molar-refractivity contribution in [2.45, 2.75) is 33.6 Å². The van der Waals surface area contributed by atoms with E-state index < -0.39 is 0 Å². The molecule has 16 heavy (non-hydrogen) atoms. The van der Waals surface area contributed by atoms with Crippen LogP contribution in [0.2, 0.25) is 0 Å². The molecule has 0 bridgehead atoms. The molecule has 0 N–H and O–H groups in total. The van der Waals surface area contributed by atoms with E-state index in [2.05, 4.69) is 43.3 Å². The van der Waals surface area contributed by atoms with E-state index in [1.165, 1.54) is 11.1 Å². The van der Waals surface area contributed by atoms with Crippen LogP contribution in [0.15, 0.2) is 28.8 Å². The summed E-state index contributed by atoms with van der Waals surface area (Å²) < 4.78 is 5.23. The van der Waals surface area contributed by atoms with Gasteiger partial charge in [0.1, 0.15) is 5.76 Å². The second kappa shape index (κ2) is 4.12. The van der Waals surface area contributed by atoms with Crippen molar-refractivity contribution in [1.29, 1.82) is 0 Å². The maximum absolute atomic E-state index is 5.23. The molecule has 1 heterocycles. The lowest BCUT2D eigenvalue weighted by Crippen LogP contribution is -1.93. The van der Waals surface area contributed by atoms with Crippen molar-refractivity contribution in [2.75, 3.05) is 0 Å². The predicted octanol–water partition coefficient (Wildman–Crippen LogP) is 4.08. The molecule has 0 fully saturated rings. The molecular formula is C14H17NO. The fraction of sp³-hybridized carbons (Fsp3) is 0.357. The zero-order valence-corrected chi connectivity index (χ0v) is 10.2. The lowest BCUT2D eigenvalue weighted by molar-refractivity contribution is 0.393. The third kappa shape index (κ3) is 1.75. The van der Waals surface area contributed by atoms with Crippen LogP contribution in [0.4, 0.5) is 0 Å². The van der Waals surface area contributed by atoms with E-state index in [4.69, 9.17) is 4.52 Å². The van der Waals surface area contributed by atoms with Gasteiger partial charge in [0.2, 0.25) is 0 Å². The van der Waals surface area contributed by atoms with Gasteiger partial charge in [-0.3, -0.25) is 0 Å². The molecule has 0 aliphatic carbocycles.